The molecule has 212 valence electrons. The number of para-hydroxylation sites is 3. The molecule has 0 aliphatic carbocycles. The molecule has 0 fully saturated rings. The van der Waals surface area contributed by atoms with Gasteiger partial charge >= 0.3 is 0 Å². The zero-order chi connectivity index (χ0) is 29.7. The first kappa shape index (κ1) is 25.4. The van der Waals surface area contributed by atoms with E-state index in [1.165, 1.54) is 32.6 Å². The minimum atomic E-state index is 0.488. The third-order valence-electron chi connectivity index (χ3n) is 8.62. The third-order valence-corrected chi connectivity index (χ3v) is 8.62. The molecule has 0 spiro atoms. The number of nitrogens with zero attached hydrogens (tertiary/aromatic N) is 5. The van der Waals surface area contributed by atoms with Crippen molar-refractivity contribution in [2.75, 3.05) is 0 Å². The van der Waals surface area contributed by atoms with Crippen LogP contribution in [0.15, 0.2) is 152 Å². The fraction of sp³-hybridized carbons (Fsp3) is 0.0250. The molecule has 0 amide bonds. The lowest BCUT2D eigenvalue weighted by Gasteiger charge is -2.13. The fourth-order valence-electron chi connectivity index (χ4n) is 6.66. The van der Waals surface area contributed by atoms with Crippen LogP contribution in [-0.4, -0.2) is 24.1 Å². The van der Waals surface area contributed by atoms with Gasteiger partial charge in [0, 0.05) is 43.9 Å². The van der Waals surface area contributed by atoms with Crippen LogP contribution >= 0.6 is 0 Å². The quantitative estimate of drug-likeness (QED) is 0.205. The van der Waals surface area contributed by atoms with E-state index >= 15 is 0 Å². The van der Waals surface area contributed by atoms with E-state index in [1.54, 1.807) is 0 Å². The van der Waals surface area contributed by atoms with Gasteiger partial charge in [-0.2, -0.15) is 0 Å². The number of fused-ring (bicyclic) bond motifs is 7. The molecule has 9 aromatic rings. The maximum Gasteiger partial charge on any atom is 0.163 e. The van der Waals surface area contributed by atoms with Crippen LogP contribution in [0.4, 0.5) is 0 Å². The zero-order valence-electron chi connectivity index (χ0n) is 24.4. The summed E-state index contributed by atoms with van der Waals surface area (Å²) < 4.78 is 4.80. The Morgan fingerprint density at radius 2 is 0.889 bits per heavy atom. The second-order valence-electron chi connectivity index (χ2n) is 11.3. The Hall–Kier alpha value is -6.07. The highest BCUT2D eigenvalue weighted by Crippen LogP contribution is 2.40. The first-order valence-electron chi connectivity index (χ1n) is 15.2. The van der Waals surface area contributed by atoms with Crippen LogP contribution in [0.3, 0.4) is 0 Å². The number of benzene rings is 6. The molecule has 0 atom stereocenters. The van der Waals surface area contributed by atoms with Crippen LogP contribution < -0.4 is 0 Å². The van der Waals surface area contributed by atoms with Gasteiger partial charge in [0.2, 0.25) is 0 Å². The molecule has 5 nitrogen and oxygen atoms in total. The minimum Gasteiger partial charge on any atom is -0.331 e. The van der Waals surface area contributed by atoms with E-state index in [4.69, 9.17) is 15.0 Å². The topological polar surface area (TPSA) is 48.5 Å². The highest BCUT2D eigenvalue weighted by Gasteiger charge is 2.21. The number of aromatic nitrogens is 5. The Bertz CT molecular complexity index is 2440. The van der Waals surface area contributed by atoms with E-state index in [0.717, 1.165) is 27.8 Å². The SMILES string of the molecule is c1ccc(-c2nc(Cn3c4ccccc4c4ccc5c6ccccc6n(-c6ccccc6)c5c43)nc(-c3ccccc3)n2)cc1. The number of hydrogen-bond acceptors (Lipinski definition) is 3. The highest BCUT2D eigenvalue weighted by molar-refractivity contribution is 6.23. The second-order valence-corrected chi connectivity index (χ2v) is 11.3. The van der Waals surface area contributed by atoms with E-state index in [0.29, 0.717) is 24.0 Å². The summed E-state index contributed by atoms with van der Waals surface area (Å²) in [5.74, 6) is 2.05. The van der Waals surface area contributed by atoms with Crippen molar-refractivity contribution in [1.82, 2.24) is 24.1 Å². The first-order valence-corrected chi connectivity index (χ1v) is 15.2. The fourth-order valence-corrected chi connectivity index (χ4v) is 6.66. The van der Waals surface area contributed by atoms with Crippen molar-refractivity contribution in [3.8, 4) is 28.5 Å². The first-order chi connectivity index (χ1) is 22.3. The van der Waals surface area contributed by atoms with Gasteiger partial charge in [-0.25, -0.2) is 15.0 Å². The van der Waals surface area contributed by atoms with Crippen LogP contribution in [0.1, 0.15) is 5.82 Å². The standard InChI is InChI=1S/C40H27N5/c1-4-14-27(15-5-1)39-41-36(42-40(43-39)28-16-6-2-7-17-28)26-44-34-22-12-10-20-30(34)32-24-25-33-31-21-11-13-23-35(31)45(38(33)37(32)44)29-18-8-3-9-19-29/h1-25H,26H2. The molecule has 0 unspecified atom stereocenters. The lowest BCUT2D eigenvalue weighted by atomic mass is 10.1. The predicted molar refractivity (Wildman–Crippen MR) is 184 cm³/mol. The van der Waals surface area contributed by atoms with Crippen molar-refractivity contribution in [1.29, 1.82) is 0 Å². The largest absolute Gasteiger partial charge is 0.331 e. The molecular formula is C40H27N5. The molecule has 6 aromatic carbocycles. The average molecular weight is 578 g/mol. The van der Waals surface area contributed by atoms with E-state index in [2.05, 4.69) is 124 Å². The van der Waals surface area contributed by atoms with E-state index in [9.17, 15) is 0 Å². The van der Waals surface area contributed by atoms with Crippen molar-refractivity contribution in [2.24, 2.45) is 0 Å². The monoisotopic (exact) mass is 577 g/mol. The Labute approximate surface area is 259 Å². The summed E-state index contributed by atoms with van der Waals surface area (Å²) in [5.41, 5.74) is 7.73. The molecule has 5 heteroatoms. The molecule has 0 radical (unpaired) electrons. The lowest BCUT2D eigenvalue weighted by molar-refractivity contribution is 0.786. The van der Waals surface area contributed by atoms with E-state index in [-0.39, 0.29) is 0 Å². The summed E-state index contributed by atoms with van der Waals surface area (Å²) in [4.78, 5) is 15.1. The molecule has 3 aromatic heterocycles. The highest BCUT2D eigenvalue weighted by atomic mass is 15.1. The molecule has 45 heavy (non-hydrogen) atoms. The average Bonchev–Trinajstić information content (AvgIpc) is 3.62. The van der Waals surface area contributed by atoms with Crippen molar-refractivity contribution in [3.05, 3.63) is 157 Å². The summed E-state index contributed by atoms with van der Waals surface area (Å²) >= 11 is 0. The van der Waals surface area contributed by atoms with Gasteiger partial charge in [-0.05, 0) is 24.3 Å². The summed E-state index contributed by atoms with van der Waals surface area (Å²) in [6.07, 6.45) is 0. The lowest BCUT2D eigenvalue weighted by Crippen LogP contribution is -2.08. The molecule has 9 rings (SSSR count). The van der Waals surface area contributed by atoms with Gasteiger partial charge in [-0.3, -0.25) is 0 Å². The predicted octanol–water partition coefficient (Wildman–Crippen LogP) is 9.46. The minimum absolute atomic E-state index is 0.488. The van der Waals surface area contributed by atoms with Crippen LogP contribution in [-0.2, 0) is 6.54 Å². The summed E-state index contributed by atoms with van der Waals surface area (Å²) in [7, 11) is 0. The Morgan fingerprint density at radius 1 is 0.400 bits per heavy atom. The zero-order valence-corrected chi connectivity index (χ0v) is 24.4. The van der Waals surface area contributed by atoms with E-state index < -0.39 is 0 Å². The molecule has 0 saturated heterocycles. The van der Waals surface area contributed by atoms with Gasteiger partial charge in [0.05, 0.1) is 23.1 Å². The van der Waals surface area contributed by atoms with Crippen molar-refractivity contribution < 1.29 is 0 Å². The molecule has 0 aliphatic heterocycles. The van der Waals surface area contributed by atoms with Crippen LogP contribution in [0, 0.1) is 0 Å². The Kier molecular flexibility index (Phi) is 5.81. The van der Waals surface area contributed by atoms with Crippen molar-refractivity contribution in [3.63, 3.8) is 0 Å². The van der Waals surface area contributed by atoms with E-state index in [1.807, 2.05) is 36.4 Å². The molecule has 0 bridgehead atoms. The van der Waals surface area contributed by atoms with Crippen molar-refractivity contribution >= 4 is 43.6 Å². The second kappa shape index (κ2) is 10.3. The van der Waals surface area contributed by atoms with Gasteiger partial charge in [-0.1, -0.05) is 127 Å². The van der Waals surface area contributed by atoms with Crippen molar-refractivity contribution in [2.45, 2.75) is 6.54 Å². The molecule has 0 saturated carbocycles. The van der Waals surface area contributed by atoms with Gasteiger partial charge < -0.3 is 9.13 Å². The molecular weight excluding hydrogens is 550 g/mol. The number of rotatable bonds is 5. The smallest absolute Gasteiger partial charge is 0.163 e. The van der Waals surface area contributed by atoms with Crippen LogP contribution in [0.2, 0.25) is 0 Å². The normalized spacial score (nSPS) is 11.6. The maximum absolute atomic E-state index is 5.07. The summed E-state index contributed by atoms with van der Waals surface area (Å²) in [6.45, 7) is 0.488. The summed E-state index contributed by atoms with van der Waals surface area (Å²) in [6, 6.07) is 52.8. The molecule has 0 aliphatic rings. The summed E-state index contributed by atoms with van der Waals surface area (Å²) in [5, 5.41) is 4.86. The van der Waals surface area contributed by atoms with Gasteiger partial charge in [0.1, 0.15) is 0 Å². The third kappa shape index (κ3) is 4.13. The molecule has 0 N–H and O–H groups in total. The Morgan fingerprint density at radius 3 is 1.51 bits per heavy atom. The van der Waals surface area contributed by atoms with Gasteiger partial charge in [-0.15, -0.1) is 0 Å². The number of hydrogen-bond donors (Lipinski definition) is 0. The van der Waals surface area contributed by atoms with Crippen LogP contribution in [0.5, 0.6) is 0 Å². The van der Waals surface area contributed by atoms with Crippen LogP contribution in [0.25, 0.3) is 72.1 Å². The molecule has 3 heterocycles. The van der Waals surface area contributed by atoms with Gasteiger partial charge in [0.25, 0.3) is 0 Å². The maximum atomic E-state index is 5.07. The Balaban J connectivity index is 1.36. The van der Waals surface area contributed by atoms with Gasteiger partial charge in [0.15, 0.2) is 17.5 Å².